The van der Waals surface area contributed by atoms with E-state index in [-0.39, 0.29) is 16.1 Å². The molecule has 0 bridgehead atoms. The molecule has 0 aliphatic rings. The molecule has 0 aromatic heterocycles. The maximum Gasteiger partial charge on any atom is 0.308 e. The average Bonchev–Trinajstić information content (AvgIpc) is 2.71. The van der Waals surface area contributed by atoms with Gasteiger partial charge in [0, 0.05) is 12.1 Å². The highest BCUT2D eigenvalue weighted by atomic mass is 32.2. The summed E-state index contributed by atoms with van der Waals surface area (Å²) < 4.78 is 46.8. The van der Waals surface area contributed by atoms with E-state index in [2.05, 4.69) is 10.0 Å². The minimum Gasteiger partial charge on any atom is -0.463 e. The molecule has 0 saturated carbocycles. The molecule has 0 spiro atoms. The molecule has 0 aliphatic heterocycles. The van der Waals surface area contributed by atoms with Gasteiger partial charge in [-0.05, 0) is 45.9 Å². The van der Waals surface area contributed by atoms with E-state index in [0.29, 0.717) is 0 Å². The third kappa shape index (κ3) is 7.06. The summed E-state index contributed by atoms with van der Waals surface area (Å²) in [6.45, 7) is 6.43. The van der Waals surface area contributed by atoms with Crippen LogP contribution in [0.25, 0.3) is 0 Å². The maximum atomic E-state index is 14.5. The number of ether oxygens (including phenoxy) is 1. The Labute approximate surface area is 196 Å². The van der Waals surface area contributed by atoms with Crippen LogP contribution in [0.4, 0.5) is 10.1 Å². The van der Waals surface area contributed by atoms with Crippen molar-refractivity contribution in [1.82, 2.24) is 10.0 Å². The first-order valence-corrected chi connectivity index (χ1v) is 11.9. The van der Waals surface area contributed by atoms with Crippen LogP contribution in [0.3, 0.4) is 0 Å². The fourth-order valence-corrected chi connectivity index (χ4v) is 4.40. The lowest BCUT2D eigenvalue weighted by atomic mass is 10.0. The van der Waals surface area contributed by atoms with E-state index in [1.807, 2.05) is 0 Å². The molecular weight excluding hydrogens is 469 g/mol. The number of nitrogens with one attached hydrogen (secondary N) is 2. The van der Waals surface area contributed by atoms with E-state index >= 15 is 0 Å². The number of nitrogens with zero attached hydrogens (tertiary/aromatic N) is 1. The molecule has 2 aromatic carbocycles. The van der Waals surface area contributed by atoms with Crippen molar-refractivity contribution in [3.8, 4) is 0 Å². The Morgan fingerprint density at radius 2 is 1.76 bits per heavy atom. The van der Waals surface area contributed by atoms with Gasteiger partial charge < -0.3 is 10.1 Å². The summed E-state index contributed by atoms with van der Waals surface area (Å²) in [5, 5.41) is 13.9. The second-order valence-electron chi connectivity index (χ2n) is 8.00. The van der Waals surface area contributed by atoms with Gasteiger partial charge in [0.2, 0.25) is 10.0 Å². The fraction of sp³-hybridized carbons (Fsp3) is 0.364. The summed E-state index contributed by atoms with van der Waals surface area (Å²) in [6.07, 6.45) is -0.939. The highest BCUT2D eigenvalue weighted by Gasteiger charge is 2.28. The molecule has 0 aliphatic carbocycles. The Bertz CT molecular complexity index is 1180. The number of hydrogen-bond donors (Lipinski definition) is 2. The second-order valence-corrected chi connectivity index (χ2v) is 9.72. The topological polar surface area (TPSA) is 145 Å². The molecule has 0 fully saturated rings. The number of para-hydroxylation sites is 1. The average molecular weight is 496 g/mol. The molecule has 2 rings (SSSR count). The van der Waals surface area contributed by atoms with Gasteiger partial charge in [-0.1, -0.05) is 18.2 Å². The van der Waals surface area contributed by atoms with E-state index in [1.165, 1.54) is 24.3 Å². The molecule has 184 valence electrons. The molecule has 0 radical (unpaired) electrons. The van der Waals surface area contributed by atoms with Gasteiger partial charge in [0.1, 0.15) is 5.82 Å². The second kappa shape index (κ2) is 11.2. The van der Waals surface area contributed by atoms with Crippen LogP contribution in [0.15, 0.2) is 47.4 Å². The van der Waals surface area contributed by atoms with Crippen molar-refractivity contribution in [2.75, 3.05) is 0 Å². The third-order valence-electron chi connectivity index (χ3n) is 4.44. The SMILES string of the molecule is CC(C)NS(=O)(=O)c1ccc(F)c(C(=O)NC(CC(=O)OC(C)C)c2ccccc2[N+](=O)[O-])c1. The van der Waals surface area contributed by atoms with Crippen molar-refractivity contribution in [3.05, 3.63) is 69.5 Å². The molecule has 10 nitrogen and oxygen atoms in total. The van der Waals surface area contributed by atoms with Gasteiger partial charge in [-0.15, -0.1) is 0 Å². The van der Waals surface area contributed by atoms with Crippen LogP contribution in [-0.2, 0) is 19.6 Å². The minimum atomic E-state index is -4.02. The van der Waals surface area contributed by atoms with Gasteiger partial charge in [0.25, 0.3) is 11.6 Å². The lowest BCUT2D eigenvalue weighted by molar-refractivity contribution is -0.385. The number of halogens is 1. The molecular formula is C22H26FN3O7S. The first kappa shape index (κ1) is 26.9. The predicted octanol–water partition coefficient (Wildman–Crippen LogP) is 3.23. The van der Waals surface area contributed by atoms with E-state index in [4.69, 9.17) is 4.74 Å². The first-order valence-electron chi connectivity index (χ1n) is 10.4. The summed E-state index contributed by atoms with van der Waals surface area (Å²) >= 11 is 0. The predicted molar refractivity (Wildman–Crippen MR) is 121 cm³/mol. The van der Waals surface area contributed by atoms with Crippen LogP contribution in [0.2, 0.25) is 0 Å². The number of hydrogen-bond acceptors (Lipinski definition) is 7. The van der Waals surface area contributed by atoms with Crippen molar-refractivity contribution < 1.29 is 32.1 Å². The number of carbonyl (C=O) groups excluding carboxylic acids is 2. The standard InChI is InChI=1S/C22H26FN3O7S/c1-13(2)25-34(31,32)15-9-10-18(23)17(11-15)22(28)24-19(12-21(27)33-14(3)4)16-7-5-6-8-20(16)26(29)30/h5-11,13-14,19,25H,12H2,1-4H3,(H,24,28). The highest BCUT2D eigenvalue weighted by Crippen LogP contribution is 2.28. The smallest absolute Gasteiger partial charge is 0.308 e. The molecule has 2 aromatic rings. The van der Waals surface area contributed by atoms with Gasteiger partial charge in [-0.2, -0.15) is 0 Å². The Morgan fingerprint density at radius 1 is 1.12 bits per heavy atom. The lowest BCUT2D eigenvalue weighted by Crippen LogP contribution is -2.33. The number of nitro groups is 1. The maximum absolute atomic E-state index is 14.5. The Hall–Kier alpha value is -3.38. The molecule has 1 unspecified atom stereocenters. The van der Waals surface area contributed by atoms with Crippen molar-refractivity contribution in [1.29, 1.82) is 0 Å². The quantitative estimate of drug-likeness (QED) is 0.292. The van der Waals surface area contributed by atoms with E-state index in [9.17, 15) is 32.5 Å². The minimum absolute atomic E-state index is 0.00668. The highest BCUT2D eigenvalue weighted by molar-refractivity contribution is 7.89. The Kier molecular flexibility index (Phi) is 8.82. The van der Waals surface area contributed by atoms with Gasteiger partial charge >= 0.3 is 5.97 Å². The van der Waals surface area contributed by atoms with Crippen molar-refractivity contribution in [3.63, 3.8) is 0 Å². The zero-order valence-electron chi connectivity index (χ0n) is 19.1. The van der Waals surface area contributed by atoms with Gasteiger partial charge in [0.15, 0.2) is 0 Å². The lowest BCUT2D eigenvalue weighted by Gasteiger charge is -2.20. The van der Waals surface area contributed by atoms with E-state index in [0.717, 1.165) is 18.2 Å². The zero-order chi connectivity index (χ0) is 25.6. The van der Waals surface area contributed by atoms with E-state index < -0.39 is 62.8 Å². The van der Waals surface area contributed by atoms with Crippen molar-refractivity contribution in [2.45, 2.75) is 57.2 Å². The molecule has 0 heterocycles. The summed E-state index contributed by atoms with van der Waals surface area (Å²) in [5.41, 5.74) is -0.956. The summed E-state index contributed by atoms with van der Waals surface area (Å²) in [4.78, 5) is 35.7. The van der Waals surface area contributed by atoms with Crippen LogP contribution in [-0.4, -0.2) is 37.4 Å². The molecule has 2 N–H and O–H groups in total. The normalized spacial score (nSPS) is 12.4. The molecule has 12 heteroatoms. The monoisotopic (exact) mass is 495 g/mol. The van der Waals surface area contributed by atoms with Crippen LogP contribution in [0.5, 0.6) is 0 Å². The van der Waals surface area contributed by atoms with Gasteiger partial charge in [0.05, 0.1) is 39.5 Å². The number of rotatable bonds is 10. The van der Waals surface area contributed by atoms with Crippen LogP contribution in [0, 0.1) is 15.9 Å². The van der Waals surface area contributed by atoms with Crippen molar-refractivity contribution >= 4 is 27.6 Å². The van der Waals surface area contributed by atoms with E-state index in [1.54, 1.807) is 27.7 Å². The molecule has 34 heavy (non-hydrogen) atoms. The van der Waals surface area contributed by atoms with Crippen LogP contribution >= 0.6 is 0 Å². The number of carbonyl (C=O) groups is 2. The Morgan fingerprint density at radius 3 is 2.35 bits per heavy atom. The number of benzene rings is 2. The van der Waals surface area contributed by atoms with Crippen molar-refractivity contribution in [2.24, 2.45) is 0 Å². The van der Waals surface area contributed by atoms with Gasteiger partial charge in [-0.3, -0.25) is 19.7 Å². The number of nitro benzene ring substituents is 1. The number of amides is 1. The van der Waals surface area contributed by atoms with Crippen LogP contribution in [0.1, 0.15) is 56.1 Å². The fourth-order valence-electron chi connectivity index (χ4n) is 3.12. The first-order chi connectivity index (χ1) is 15.8. The molecule has 1 amide bonds. The van der Waals surface area contributed by atoms with Crippen LogP contribution < -0.4 is 10.0 Å². The number of sulfonamides is 1. The Balaban J connectivity index is 2.46. The van der Waals surface area contributed by atoms with Gasteiger partial charge in [-0.25, -0.2) is 17.5 Å². The molecule has 0 saturated heterocycles. The third-order valence-corrected chi connectivity index (χ3v) is 6.09. The number of esters is 1. The summed E-state index contributed by atoms with van der Waals surface area (Å²) in [6, 6.07) is 6.48. The zero-order valence-corrected chi connectivity index (χ0v) is 19.9. The molecule has 1 atom stereocenters. The summed E-state index contributed by atoms with van der Waals surface area (Å²) in [5.74, 6) is -2.80. The largest absolute Gasteiger partial charge is 0.463 e. The summed E-state index contributed by atoms with van der Waals surface area (Å²) in [7, 11) is -4.02.